The number of benzene rings is 1. The third kappa shape index (κ3) is 1.99. The molecule has 0 radical (unpaired) electrons. The molecule has 0 bridgehead atoms. The number of rotatable bonds is 3. The van der Waals surface area contributed by atoms with E-state index >= 15 is 0 Å². The molecule has 2 heteroatoms. The zero-order valence-electron chi connectivity index (χ0n) is 9.42. The molecule has 0 saturated carbocycles. The van der Waals surface area contributed by atoms with Gasteiger partial charge in [0.25, 0.3) is 0 Å². The largest absolute Gasteiger partial charge is 0.326 e. The number of hydrogen-bond acceptors (Lipinski definition) is 2. The number of thioether (sulfide) groups is 1. The maximum atomic E-state index is 5.64. The predicted molar refractivity (Wildman–Crippen MR) is 71.3 cm³/mol. The minimum atomic E-state index is 0.584. The van der Waals surface area contributed by atoms with Gasteiger partial charge in [-0.05, 0) is 41.3 Å². The number of nitrogens with two attached hydrogens (primary N) is 1. The van der Waals surface area contributed by atoms with Gasteiger partial charge in [0, 0.05) is 16.3 Å². The summed E-state index contributed by atoms with van der Waals surface area (Å²) in [4.78, 5) is 2.46. The van der Waals surface area contributed by atoms with Crippen LogP contribution in [0.25, 0.3) is 0 Å². The van der Waals surface area contributed by atoms with Gasteiger partial charge in [-0.1, -0.05) is 37.1 Å². The van der Waals surface area contributed by atoms with Crippen molar-refractivity contribution in [1.82, 2.24) is 0 Å². The summed E-state index contributed by atoms with van der Waals surface area (Å²) in [5.74, 6) is 0. The molecule has 0 fully saturated rings. The molecule has 0 saturated heterocycles. The molecular weight excluding hydrogens is 214 g/mol. The smallest absolute Gasteiger partial charge is 0.0200 e. The molecule has 1 aliphatic carbocycles. The Kier molecular flexibility index (Phi) is 3.03. The number of allylic oxidation sites excluding steroid dienone is 3. The van der Waals surface area contributed by atoms with Crippen LogP contribution in [-0.4, -0.2) is 0 Å². The fourth-order valence-electron chi connectivity index (χ4n) is 1.50. The monoisotopic (exact) mass is 229 g/mol. The van der Waals surface area contributed by atoms with Crippen molar-refractivity contribution < 1.29 is 0 Å². The van der Waals surface area contributed by atoms with E-state index in [1.54, 1.807) is 11.8 Å². The highest BCUT2D eigenvalue weighted by Gasteiger charge is 2.17. The average molecular weight is 229 g/mol. The van der Waals surface area contributed by atoms with Crippen LogP contribution in [0, 0.1) is 6.92 Å². The van der Waals surface area contributed by atoms with Gasteiger partial charge in [-0.15, -0.1) is 0 Å². The lowest BCUT2D eigenvalue weighted by atomic mass is 9.99. The summed E-state index contributed by atoms with van der Waals surface area (Å²) >= 11 is 1.74. The minimum absolute atomic E-state index is 0.584. The average Bonchev–Trinajstić information content (AvgIpc) is 2.30. The maximum absolute atomic E-state index is 5.64. The second-order valence-electron chi connectivity index (χ2n) is 3.92. The van der Waals surface area contributed by atoms with E-state index in [4.69, 9.17) is 5.73 Å². The first-order chi connectivity index (χ1) is 7.61. The Morgan fingerprint density at radius 1 is 1.31 bits per heavy atom. The van der Waals surface area contributed by atoms with Crippen molar-refractivity contribution >= 4 is 11.8 Å². The summed E-state index contributed by atoms with van der Waals surface area (Å²) in [6.45, 7) is 10.6. The summed E-state index contributed by atoms with van der Waals surface area (Å²) in [7, 11) is 0. The highest BCUT2D eigenvalue weighted by atomic mass is 32.2. The van der Waals surface area contributed by atoms with Crippen LogP contribution in [0.5, 0.6) is 0 Å². The van der Waals surface area contributed by atoms with E-state index in [9.17, 15) is 0 Å². The predicted octanol–water partition coefficient (Wildman–Crippen LogP) is 3.56. The van der Waals surface area contributed by atoms with Crippen LogP contribution >= 0.6 is 11.8 Å². The van der Waals surface area contributed by atoms with Crippen molar-refractivity contribution in [1.29, 1.82) is 0 Å². The standard InChI is InChI=1S/C14H15NS/c1-9-4-5-12(8-15)7-13(9)16-14-6-10(2)11(14)3/h4-7H,2-3,8,15H2,1H3. The highest BCUT2D eigenvalue weighted by molar-refractivity contribution is 8.03. The first-order valence-corrected chi connectivity index (χ1v) is 6.01. The fourth-order valence-corrected chi connectivity index (χ4v) is 2.64. The van der Waals surface area contributed by atoms with Gasteiger partial charge in [0.2, 0.25) is 0 Å². The summed E-state index contributed by atoms with van der Waals surface area (Å²) in [5.41, 5.74) is 10.2. The molecule has 0 unspecified atom stereocenters. The van der Waals surface area contributed by atoms with Gasteiger partial charge < -0.3 is 5.73 Å². The first-order valence-electron chi connectivity index (χ1n) is 5.19. The van der Waals surface area contributed by atoms with Gasteiger partial charge in [-0.25, -0.2) is 0 Å². The normalized spacial score (nSPS) is 14.8. The van der Waals surface area contributed by atoms with E-state index in [0.29, 0.717) is 6.54 Å². The van der Waals surface area contributed by atoms with Gasteiger partial charge in [-0.2, -0.15) is 0 Å². The van der Waals surface area contributed by atoms with Crippen LogP contribution in [-0.2, 0) is 6.54 Å². The van der Waals surface area contributed by atoms with Crippen molar-refractivity contribution in [3.63, 3.8) is 0 Å². The minimum Gasteiger partial charge on any atom is -0.326 e. The first kappa shape index (κ1) is 11.2. The van der Waals surface area contributed by atoms with Crippen LogP contribution in [0.15, 0.2) is 58.4 Å². The molecule has 82 valence electrons. The molecule has 0 amide bonds. The molecule has 16 heavy (non-hydrogen) atoms. The van der Waals surface area contributed by atoms with Crippen LogP contribution in [0.2, 0.25) is 0 Å². The van der Waals surface area contributed by atoms with Gasteiger partial charge in [0.05, 0.1) is 0 Å². The van der Waals surface area contributed by atoms with Crippen molar-refractivity contribution in [2.24, 2.45) is 5.73 Å². The molecule has 1 aromatic rings. The Labute approximate surface area is 101 Å². The second-order valence-corrected chi connectivity index (χ2v) is 5.00. The van der Waals surface area contributed by atoms with Gasteiger partial charge in [-0.3, -0.25) is 0 Å². The molecule has 2 N–H and O–H groups in total. The SMILES string of the molecule is C=C1C=C(Sc2cc(CN)ccc2C)C1=C. The van der Waals surface area contributed by atoms with Crippen LogP contribution in [0.3, 0.4) is 0 Å². The van der Waals surface area contributed by atoms with E-state index in [1.165, 1.54) is 15.4 Å². The highest BCUT2D eigenvalue weighted by Crippen LogP contribution is 2.42. The lowest BCUT2D eigenvalue weighted by molar-refractivity contribution is 1.05. The molecule has 0 heterocycles. The van der Waals surface area contributed by atoms with Crippen molar-refractivity contribution in [3.05, 3.63) is 64.6 Å². The lowest BCUT2D eigenvalue weighted by Crippen LogP contribution is -2.00. The van der Waals surface area contributed by atoms with Gasteiger partial charge in [0.1, 0.15) is 0 Å². The Morgan fingerprint density at radius 2 is 2.06 bits per heavy atom. The Morgan fingerprint density at radius 3 is 2.62 bits per heavy atom. The van der Waals surface area contributed by atoms with E-state index in [-0.39, 0.29) is 0 Å². The van der Waals surface area contributed by atoms with Crippen LogP contribution in [0.1, 0.15) is 11.1 Å². The summed E-state index contributed by atoms with van der Waals surface area (Å²) in [6, 6.07) is 6.33. The molecule has 2 rings (SSSR count). The Hall–Kier alpha value is -1.25. The molecule has 0 atom stereocenters. The van der Waals surface area contributed by atoms with E-state index in [0.717, 1.165) is 16.7 Å². The zero-order valence-corrected chi connectivity index (χ0v) is 10.2. The molecule has 1 aliphatic rings. The summed E-state index contributed by atoms with van der Waals surface area (Å²) in [5, 5.41) is 0. The van der Waals surface area contributed by atoms with Crippen molar-refractivity contribution in [2.45, 2.75) is 18.4 Å². The maximum Gasteiger partial charge on any atom is 0.0200 e. The molecule has 1 aromatic carbocycles. The summed E-state index contributed by atoms with van der Waals surface area (Å²) < 4.78 is 0. The van der Waals surface area contributed by atoms with Crippen LogP contribution < -0.4 is 5.73 Å². The lowest BCUT2D eigenvalue weighted by Gasteiger charge is -2.20. The Balaban J connectivity index is 2.25. The van der Waals surface area contributed by atoms with E-state index in [2.05, 4.69) is 44.4 Å². The van der Waals surface area contributed by atoms with Gasteiger partial charge >= 0.3 is 0 Å². The number of hydrogen-bond donors (Lipinski definition) is 1. The quantitative estimate of drug-likeness (QED) is 0.857. The van der Waals surface area contributed by atoms with E-state index < -0.39 is 0 Å². The van der Waals surface area contributed by atoms with E-state index in [1.807, 2.05) is 0 Å². The third-order valence-electron chi connectivity index (χ3n) is 2.70. The third-order valence-corrected chi connectivity index (χ3v) is 3.94. The van der Waals surface area contributed by atoms with Crippen LogP contribution in [0.4, 0.5) is 0 Å². The van der Waals surface area contributed by atoms with Crippen molar-refractivity contribution in [3.8, 4) is 0 Å². The van der Waals surface area contributed by atoms with Crippen molar-refractivity contribution in [2.75, 3.05) is 0 Å². The second kappa shape index (κ2) is 4.32. The zero-order chi connectivity index (χ0) is 11.7. The molecule has 0 aromatic heterocycles. The molecular formula is C14H15NS. The Bertz CT molecular complexity index is 497. The molecule has 0 spiro atoms. The number of aryl methyl sites for hydroxylation is 1. The molecule has 1 nitrogen and oxygen atoms in total. The topological polar surface area (TPSA) is 26.0 Å². The van der Waals surface area contributed by atoms with Gasteiger partial charge in [0.15, 0.2) is 0 Å². The molecule has 0 aliphatic heterocycles. The summed E-state index contributed by atoms with van der Waals surface area (Å²) in [6.07, 6.45) is 2.07. The fraction of sp³-hybridized carbons (Fsp3) is 0.143.